The van der Waals surface area contributed by atoms with Crippen molar-refractivity contribution in [1.82, 2.24) is 10.2 Å². The van der Waals surface area contributed by atoms with Crippen molar-refractivity contribution in [3.8, 4) is 0 Å². The van der Waals surface area contributed by atoms with Gasteiger partial charge in [-0.15, -0.1) is 12.4 Å². The molecule has 1 aromatic rings. The number of nitrogens with two attached hydrogens (primary N) is 1. The van der Waals surface area contributed by atoms with Crippen molar-refractivity contribution in [2.75, 3.05) is 0 Å². The van der Waals surface area contributed by atoms with Crippen LogP contribution in [0.15, 0.2) is 12.3 Å². The van der Waals surface area contributed by atoms with Gasteiger partial charge in [-0.25, -0.2) is 0 Å². The molecule has 2 N–H and O–H groups in total. The molecular weight excluding hydrogens is 150 g/mol. The highest BCUT2D eigenvalue weighted by atomic mass is 35.5. The second kappa shape index (κ2) is 4.19. The van der Waals surface area contributed by atoms with E-state index >= 15 is 0 Å². The molecule has 0 amide bonds. The zero-order chi connectivity index (χ0) is 6.69. The molecule has 0 bridgehead atoms. The molecule has 1 heterocycles. The smallest absolute Gasteiger partial charge is 0.0795 e. The molecule has 0 atom stereocenters. The van der Waals surface area contributed by atoms with Gasteiger partial charge in [0.1, 0.15) is 0 Å². The first-order valence-electron chi connectivity index (χ1n) is 2.82. The number of aryl methyl sites for hydroxylation is 1. The van der Waals surface area contributed by atoms with Gasteiger partial charge in [-0.1, -0.05) is 0 Å². The van der Waals surface area contributed by atoms with Crippen LogP contribution in [0.3, 0.4) is 0 Å². The lowest BCUT2D eigenvalue weighted by molar-refractivity contribution is 0.881. The fourth-order valence-electron chi connectivity index (χ4n) is 0.625. The molecular formula is C6H10ClN3. The number of hydrogen-bond donors (Lipinski definition) is 1. The Morgan fingerprint density at radius 1 is 1.60 bits per heavy atom. The Labute approximate surface area is 66.1 Å². The van der Waals surface area contributed by atoms with E-state index in [-0.39, 0.29) is 12.4 Å². The second-order valence-electron chi connectivity index (χ2n) is 1.87. The summed E-state index contributed by atoms with van der Waals surface area (Å²) in [5.74, 6) is 0. The van der Waals surface area contributed by atoms with Gasteiger partial charge in [0, 0.05) is 12.7 Å². The highest BCUT2D eigenvalue weighted by molar-refractivity contribution is 5.85. The summed E-state index contributed by atoms with van der Waals surface area (Å²) in [4.78, 5) is 0. The average Bonchev–Trinajstić information content (AvgIpc) is 1.89. The van der Waals surface area contributed by atoms with Crippen LogP contribution < -0.4 is 5.73 Å². The molecule has 0 saturated carbocycles. The minimum atomic E-state index is 0. The van der Waals surface area contributed by atoms with Gasteiger partial charge in [0.2, 0.25) is 0 Å². The van der Waals surface area contributed by atoms with Crippen molar-refractivity contribution in [3.05, 3.63) is 23.5 Å². The van der Waals surface area contributed by atoms with Crippen molar-refractivity contribution >= 4 is 12.4 Å². The normalized spacial score (nSPS) is 8.60. The average molecular weight is 160 g/mol. The van der Waals surface area contributed by atoms with Gasteiger partial charge < -0.3 is 5.73 Å². The maximum Gasteiger partial charge on any atom is 0.0795 e. The Balaban J connectivity index is 0.000000810. The maximum atomic E-state index is 5.35. The molecule has 1 aromatic heterocycles. The lowest BCUT2D eigenvalue weighted by Crippen LogP contribution is -2.02. The van der Waals surface area contributed by atoms with Crippen LogP contribution in [-0.4, -0.2) is 10.2 Å². The zero-order valence-corrected chi connectivity index (χ0v) is 6.56. The van der Waals surface area contributed by atoms with Gasteiger partial charge in [0.25, 0.3) is 0 Å². The van der Waals surface area contributed by atoms with Gasteiger partial charge in [0.15, 0.2) is 0 Å². The molecule has 0 saturated heterocycles. The summed E-state index contributed by atoms with van der Waals surface area (Å²) in [7, 11) is 0. The lowest BCUT2D eigenvalue weighted by Gasteiger charge is -1.95. The van der Waals surface area contributed by atoms with Crippen LogP contribution in [0, 0.1) is 6.92 Å². The Kier molecular flexibility index (Phi) is 3.91. The van der Waals surface area contributed by atoms with E-state index in [9.17, 15) is 0 Å². The topological polar surface area (TPSA) is 51.8 Å². The van der Waals surface area contributed by atoms with Gasteiger partial charge in [-0.05, 0) is 18.6 Å². The fraction of sp³-hybridized carbons (Fsp3) is 0.333. The quantitative estimate of drug-likeness (QED) is 0.655. The monoisotopic (exact) mass is 159 g/mol. The molecule has 0 spiro atoms. The Morgan fingerprint density at radius 2 is 2.30 bits per heavy atom. The van der Waals surface area contributed by atoms with Crippen LogP contribution >= 0.6 is 12.4 Å². The summed E-state index contributed by atoms with van der Waals surface area (Å²) in [6.45, 7) is 2.44. The van der Waals surface area contributed by atoms with Gasteiger partial charge in [0.05, 0.1) is 5.69 Å². The lowest BCUT2D eigenvalue weighted by atomic mass is 10.2. The number of halogens is 1. The highest BCUT2D eigenvalue weighted by Gasteiger charge is 1.93. The van der Waals surface area contributed by atoms with E-state index in [0.717, 1.165) is 11.3 Å². The van der Waals surface area contributed by atoms with E-state index in [1.807, 2.05) is 13.0 Å². The molecule has 4 heteroatoms. The molecule has 0 fully saturated rings. The molecule has 0 aliphatic heterocycles. The van der Waals surface area contributed by atoms with E-state index in [2.05, 4.69) is 10.2 Å². The number of aromatic nitrogens is 2. The third kappa shape index (κ3) is 1.93. The molecule has 10 heavy (non-hydrogen) atoms. The molecule has 0 unspecified atom stereocenters. The van der Waals surface area contributed by atoms with E-state index < -0.39 is 0 Å². The van der Waals surface area contributed by atoms with Crippen molar-refractivity contribution in [3.63, 3.8) is 0 Å². The van der Waals surface area contributed by atoms with Crippen LogP contribution in [0.1, 0.15) is 11.3 Å². The zero-order valence-electron chi connectivity index (χ0n) is 5.74. The van der Waals surface area contributed by atoms with E-state index in [4.69, 9.17) is 5.73 Å². The van der Waals surface area contributed by atoms with Gasteiger partial charge >= 0.3 is 0 Å². The first-order valence-corrected chi connectivity index (χ1v) is 2.82. The summed E-state index contributed by atoms with van der Waals surface area (Å²) >= 11 is 0. The summed E-state index contributed by atoms with van der Waals surface area (Å²) < 4.78 is 0. The summed E-state index contributed by atoms with van der Waals surface area (Å²) in [5, 5.41) is 7.51. The molecule has 56 valence electrons. The molecule has 0 aliphatic carbocycles. The predicted octanol–water partition coefficient (Wildman–Crippen LogP) is 0.666. The predicted molar refractivity (Wildman–Crippen MR) is 41.9 cm³/mol. The van der Waals surface area contributed by atoms with E-state index in [0.29, 0.717) is 6.54 Å². The Hall–Kier alpha value is -0.670. The molecule has 0 aromatic carbocycles. The SMILES string of the molecule is Cc1ccnnc1CN.Cl. The standard InChI is InChI=1S/C6H9N3.ClH/c1-5-2-3-8-9-6(5)4-7;/h2-3H,4,7H2,1H3;1H. The van der Waals surface area contributed by atoms with Crippen LogP contribution in [0.2, 0.25) is 0 Å². The first kappa shape index (κ1) is 9.33. The van der Waals surface area contributed by atoms with Crippen molar-refractivity contribution in [2.45, 2.75) is 13.5 Å². The van der Waals surface area contributed by atoms with E-state index in [1.54, 1.807) is 6.20 Å². The fourth-order valence-corrected chi connectivity index (χ4v) is 0.625. The van der Waals surface area contributed by atoms with Crippen LogP contribution in [0.4, 0.5) is 0 Å². The van der Waals surface area contributed by atoms with Gasteiger partial charge in [-0.2, -0.15) is 10.2 Å². The molecule has 3 nitrogen and oxygen atoms in total. The largest absolute Gasteiger partial charge is 0.325 e. The third-order valence-electron chi connectivity index (χ3n) is 1.22. The van der Waals surface area contributed by atoms with Crippen LogP contribution in [0.5, 0.6) is 0 Å². The first-order chi connectivity index (χ1) is 4.34. The van der Waals surface area contributed by atoms with Crippen molar-refractivity contribution in [1.29, 1.82) is 0 Å². The third-order valence-corrected chi connectivity index (χ3v) is 1.22. The molecule has 0 radical (unpaired) electrons. The molecule has 1 rings (SSSR count). The summed E-state index contributed by atoms with van der Waals surface area (Å²) in [6.07, 6.45) is 1.66. The van der Waals surface area contributed by atoms with Crippen LogP contribution in [0.25, 0.3) is 0 Å². The minimum absolute atomic E-state index is 0. The maximum absolute atomic E-state index is 5.35. The summed E-state index contributed by atoms with van der Waals surface area (Å²) in [5.41, 5.74) is 7.32. The van der Waals surface area contributed by atoms with Gasteiger partial charge in [-0.3, -0.25) is 0 Å². The summed E-state index contributed by atoms with van der Waals surface area (Å²) in [6, 6.07) is 1.90. The van der Waals surface area contributed by atoms with Crippen molar-refractivity contribution in [2.24, 2.45) is 5.73 Å². The Morgan fingerprint density at radius 3 is 2.70 bits per heavy atom. The van der Waals surface area contributed by atoms with Crippen molar-refractivity contribution < 1.29 is 0 Å². The number of nitrogens with zero attached hydrogens (tertiary/aromatic N) is 2. The highest BCUT2D eigenvalue weighted by Crippen LogP contribution is 1.98. The Bertz CT molecular complexity index is 202. The van der Waals surface area contributed by atoms with Crippen LogP contribution in [-0.2, 0) is 6.54 Å². The number of rotatable bonds is 1. The van der Waals surface area contributed by atoms with E-state index in [1.165, 1.54) is 0 Å². The minimum Gasteiger partial charge on any atom is -0.325 e. The second-order valence-corrected chi connectivity index (χ2v) is 1.87. The molecule has 0 aliphatic rings. The number of hydrogen-bond acceptors (Lipinski definition) is 3.